The van der Waals surface area contributed by atoms with E-state index in [-0.39, 0.29) is 18.3 Å². The molecule has 19 heavy (non-hydrogen) atoms. The van der Waals surface area contributed by atoms with Crippen molar-refractivity contribution in [2.45, 2.75) is 13.8 Å². The summed E-state index contributed by atoms with van der Waals surface area (Å²) >= 11 is 0. The Morgan fingerprint density at radius 2 is 2.05 bits per heavy atom. The minimum absolute atomic E-state index is 0.162. The van der Waals surface area contributed by atoms with Gasteiger partial charge in [-0.3, -0.25) is 4.79 Å². The van der Waals surface area contributed by atoms with Gasteiger partial charge in [-0.1, -0.05) is 19.9 Å². The van der Waals surface area contributed by atoms with Crippen molar-refractivity contribution in [1.82, 2.24) is 10.2 Å². The third-order valence-corrected chi connectivity index (χ3v) is 2.89. The summed E-state index contributed by atoms with van der Waals surface area (Å²) in [6.07, 6.45) is 0. The third-order valence-electron chi connectivity index (χ3n) is 2.89. The Hall–Kier alpha value is -1.46. The van der Waals surface area contributed by atoms with Gasteiger partial charge in [0.1, 0.15) is 5.82 Å². The average Bonchev–Trinajstić information content (AvgIpc) is 2.39. The highest BCUT2D eigenvalue weighted by molar-refractivity contribution is 5.92. The number of anilines is 1. The van der Waals surface area contributed by atoms with E-state index < -0.39 is 0 Å². The van der Waals surface area contributed by atoms with Gasteiger partial charge in [0, 0.05) is 18.8 Å². The number of nitrogens with zero attached hydrogens (tertiary/aromatic N) is 1. The first kappa shape index (κ1) is 15.6. The molecule has 2 N–H and O–H groups in total. The van der Waals surface area contributed by atoms with Crippen molar-refractivity contribution in [3.05, 3.63) is 30.1 Å². The molecule has 106 valence electrons. The lowest BCUT2D eigenvalue weighted by Gasteiger charge is -2.17. The molecule has 5 heteroatoms. The third kappa shape index (κ3) is 6.31. The van der Waals surface area contributed by atoms with Crippen LogP contribution in [0.4, 0.5) is 10.1 Å². The number of carbonyl (C=O) groups is 1. The van der Waals surface area contributed by atoms with E-state index in [9.17, 15) is 9.18 Å². The Morgan fingerprint density at radius 3 is 2.68 bits per heavy atom. The molecule has 1 rings (SSSR count). The fourth-order valence-corrected chi connectivity index (χ4v) is 1.75. The topological polar surface area (TPSA) is 44.4 Å². The number of halogens is 1. The number of likely N-dealkylation sites (N-methyl/N-ethyl adjacent to an activating group) is 1. The fraction of sp³-hybridized carbons (Fsp3) is 0.500. The lowest BCUT2D eigenvalue weighted by Crippen LogP contribution is -2.35. The summed E-state index contributed by atoms with van der Waals surface area (Å²) in [5.74, 6) is -0.516. The van der Waals surface area contributed by atoms with Crippen molar-refractivity contribution in [1.29, 1.82) is 0 Å². The number of hydrogen-bond acceptors (Lipinski definition) is 3. The van der Waals surface area contributed by atoms with Gasteiger partial charge in [-0.05, 0) is 31.3 Å². The van der Waals surface area contributed by atoms with E-state index in [1.54, 1.807) is 12.1 Å². The number of hydrogen-bond donors (Lipinski definition) is 2. The molecule has 0 radical (unpaired) electrons. The van der Waals surface area contributed by atoms with E-state index in [1.807, 2.05) is 0 Å². The largest absolute Gasteiger partial charge is 0.325 e. The van der Waals surface area contributed by atoms with Crippen LogP contribution in [0.15, 0.2) is 24.3 Å². The van der Waals surface area contributed by atoms with E-state index in [0.717, 1.165) is 26.2 Å². The number of rotatable bonds is 8. The van der Waals surface area contributed by atoms with Crippen molar-refractivity contribution in [2.75, 3.05) is 38.0 Å². The Kier molecular flexibility index (Phi) is 7.07. The molecular formula is C14H22FN3O. The second kappa shape index (κ2) is 8.61. The van der Waals surface area contributed by atoms with Crippen molar-refractivity contribution >= 4 is 11.6 Å². The minimum atomic E-state index is -0.354. The summed E-state index contributed by atoms with van der Waals surface area (Å²) in [7, 11) is 0. The highest BCUT2D eigenvalue weighted by Gasteiger charge is 2.03. The van der Waals surface area contributed by atoms with Gasteiger partial charge in [-0.25, -0.2) is 4.39 Å². The Balaban J connectivity index is 2.21. The zero-order chi connectivity index (χ0) is 14.1. The molecule has 0 heterocycles. The van der Waals surface area contributed by atoms with E-state index in [2.05, 4.69) is 29.4 Å². The summed E-state index contributed by atoms with van der Waals surface area (Å²) in [4.78, 5) is 13.9. The van der Waals surface area contributed by atoms with Crippen molar-refractivity contribution in [3.8, 4) is 0 Å². The van der Waals surface area contributed by atoms with Crippen LogP contribution < -0.4 is 10.6 Å². The van der Waals surface area contributed by atoms with Gasteiger partial charge < -0.3 is 15.5 Å². The maximum atomic E-state index is 12.9. The zero-order valence-corrected chi connectivity index (χ0v) is 11.6. The van der Waals surface area contributed by atoms with E-state index in [4.69, 9.17) is 0 Å². The summed E-state index contributed by atoms with van der Waals surface area (Å²) in [6, 6.07) is 5.88. The van der Waals surface area contributed by atoms with Crippen LogP contribution in [0.1, 0.15) is 13.8 Å². The molecule has 0 bridgehead atoms. The quantitative estimate of drug-likeness (QED) is 0.705. The van der Waals surface area contributed by atoms with Gasteiger partial charge in [-0.15, -0.1) is 0 Å². The molecule has 0 atom stereocenters. The van der Waals surface area contributed by atoms with Crippen LogP contribution in [0.25, 0.3) is 0 Å². The van der Waals surface area contributed by atoms with Gasteiger partial charge in [0.2, 0.25) is 5.91 Å². The van der Waals surface area contributed by atoms with Gasteiger partial charge in [0.25, 0.3) is 0 Å². The highest BCUT2D eigenvalue weighted by Crippen LogP contribution is 2.08. The highest BCUT2D eigenvalue weighted by atomic mass is 19.1. The van der Waals surface area contributed by atoms with Crippen LogP contribution in [0.2, 0.25) is 0 Å². The normalized spacial score (nSPS) is 10.7. The molecular weight excluding hydrogens is 245 g/mol. The Bertz CT molecular complexity index is 394. The predicted octanol–water partition coefficient (Wildman–Crippen LogP) is 1.70. The van der Waals surface area contributed by atoms with Gasteiger partial charge >= 0.3 is 0 Å². The molecule has 0 aliphatic carbocycles. The molecule has 1 amide bonds. The van der Waals surface area contributed by atoms with Crippen molar-refractivity contribution < 1.29 is 9.18 Å². The van der Waals surface area contributed by atoms with Crippen LogP contribution in [0, 0.1) is 5.82 Å². The molecule has 0 saturated heterocycles. The van der Waals surface area contributed by atoms with Crippen molar-refractivity contribution in [3.63, 3.8) is 0 Å². The van der Waals surface area contributed by atoms with Crippen LogP contribution in [0.3, 0.4) is 0 Å². The molecule has 0 fully saturated rings. The van der Waals surface area contributed by atoms with Gasteiger partial charge in [0.15, 0.2) is 0 Å². The Labute approximate surface area is 114 Å². The first-order chi connectivity index (χ1) is 9.15. The monoisotopic (exact) mass is 267 g/mol. The maximum Gasteiger partial charge on any atom is 0.238 e. The summed E-state index contributed by atoms with van der Waals surface area (Å²) < 4.78 is 12.9. The maximum absolute atomic E-state index is 12.9. The number of amides is 1. The molecule has 0 aromatic heterocycles. The number of benzene rings is 1. The van der Waals surface area contributed by atoms with Crippen LogP contribution in [-0.2, 0) is 4.79 Å². The standard InChI is InChI=1S/C14H22FN3O/c1-3-18(4-2)9-8-16-11-14(19)17-13-7-5-6-12(15)10-13/h5-7,10,16H,3-4,8-9,11H2,1-2H3,(H,17,19). The molecule has 0 aliphatic heterocycles. The second-order valence-corrected chi connectivity index (χ2v) is 4.26. The number of nitrogens with one attached hydrogen (secondary N) is 2. The van der Waals surface area contributed by atoms with Crippen LogP contribution >= 0.6 is 0 Å². The minimum Gasteiger partial charge on any atom is -0.325 e. The summed E-state index contributed by atoms with van der Waals surface area (Å²) in [6.45, 7) is 8.15. The summed E-state index contributed by atoms with van der Waals surface area (Å²) in [5, 5.41) is 5.72. The van der Waals surface area contributed by atoms with Gasteiger partial charge in [0.05, 0.1) is 6.54 Å². The van der Waals surface area contributed by atoms with Gasteiger partial charge in [-0.2, -0.15) is 0 Å². The zero-order valence-electron chi connectivity index (χ0n) is 11.6. The molecule has 0 saturated carbocycles. The van der Waals surface area contributed by atoms with E-state index >= 15 is 0 Å². The molecule has 1 aromatic carbocycles. The lowest BCUT2D eigenvalue weighted by molar-refractivity contribution is -0.115. The smallest absolute Gasteiger partial charge is 0.238 e. The van der Waals surface area contributed by atoms with Crippen LogP contribution in [0.5, 0.6) is 0 Å². The molecule has 0 spiro atoms. The van der Waals surface area contributed by atoms with Crippen LogP contribution in [-0.4, -0.2) is 43.5 Å². The fourth-order valence-electron chi connectivity index (χ4n) is 1.75. The lowest BCUT2D eigenvalue weighted by atomic mass is 10.3. The summed E-state index contributed by atoms with van der Waals surface area (Å²) in [5.41, 5.74) is 0.482. The Morgan fingerprint density at radius 1 is 1.32 bits per heavy atom. The molecule has 0 aliphatic rings. The first-order valence-corrected chi connectivity index (χ1v) is 6.64. The first-order valence-electron chi connectivity index (χ1n) is 6.64. The predicted molar refractivity (Wildman–Crippen MR) is 75.7 cm³/mol. The van der Waals surface area contributed by atoms with Crippen molar-refractivity contribution in [2.24, 2.45) is 0 Å². The second-order valence-electron chi connectivity index (χ2n) is 4.26. The molecule has 0 unspecified atom stereocenters. The van der Waals surface area contributed by atoms with E-state index in [1.165, 1.54) is 12.1 Å². The molecule has 4 nitrogen and oxygen atoms in total. The van der Waals surface area contributed by atoms with E-state index in [0.29, 0.717) is 5.69 Å². The number of carbonyl (C=O) groups excluding carboxylic acids is 1. The molecule has 1 aromatic rings. The average molecular weight is 267 g/mol. The SMILES string of the molecule is CCN(CC)CCNCC(=O)Nc1cccc(F)c1.